The smallest absolute Gasteiger partial charge is 0.315 e. The Balaban J connectivity index is 1.67. The lowest BCUT2D eigenvalue weighted by molar-refractivity contribution is -0.142. The zero-order valence-electron chi connectivity index (χ0n) is 11.4. The maximum absolute atomic E-state index is 11.8. The van der Waals surface area contributed by atoms with Crippen LogP contribution in [0.15, 0.2) is 0 Å². The first-order valence-electron chi connectivity index (χ1n) is 7.11. The second kappa shape index (κ2) is 6.58. The Morgan fingerprint density at radius 3 is 2.25 bits per heavy atom. The zero-order valence-corrected chi connectivity index (χ0v) is 11.4. The number of piperidine rings is 1. The van der Waals surface area contributed by atoms with E-state index in [1.165, 1.54) is 0 Å². The lowest BCUT2D eigenvalue weighted by Gasteiger charge is -2.28. The molecule has 0 aromatic heterocycles. The molecule has 20 heavy (non-hydrogen) atoms. The van der Waals surface area contributed by atoms with Crippen molar-refractivity contribution >= 4 is 17.9 Å². The first kappa shape index (κ1) is 14.6. The molecule has 0 spiro atoms. The number of hydrogen-bond acceptors (Lipinski definition) is 3. The summed E-state index contributed by atoms with van der Waals surface area (Å²) in [6.45, 7) is 0.470. The fourth-order valence-electron chi connectivity index (χ4n) is 2.75. The lowest BCUT2D eigenvalue weighted by Crippen LogP contribution is -2.52. The van der Waals surface area contributed by atoms with Gasteiger partial charge in [0.2, 0.25) is 5.91 Å². The molecule has 7 nitrogen and oxygen atoms in total. The maximum Gasteiger partial charge on any atom is 0.315 e. The summed E-state index contributed by atoms with van der Waals surface area (Å²) < 4.78 is 0. The van der Waals surface area contributed by atoms with Crippen LogP contribution in [0.1, 0.15) is 38.5 Å². The van der Waals surface area contributed by atoms with Crippen LogP contribution in [0.3, 0.4) is 0 Å². The predicted molar refractivity (Wildman–Crippen MR) is 71.1 cm³/mol. The van der Waals surface area contributed by atoms with Crippen molar-refractivity contribution in [2.45, 2.75) is 50.6 Å². The summed E-state index contributed by atoms with van der Waals surface area (Å²) in [5, 5.41) is 17.3. The number of carbonyl (C=O) groups is 3. The molecule has 1 aliphatic carbocycles. The van der Waals surface area contributed by atoms with E-state index >= 15 is 0 Å². The van der Waals surface area contributed by atoms with E-state index in [-0.39, 0.29) is 29.9 Å². The number of urea groups is 1. The molecule has 1 aliphatic heterocycles. The number of amides is 3. The number of aliphatic carboxylic acids is 1. The Bertz CT molecular complexity index is 381. The zero-order chi connectivity index (χ0) is 14.5. The van der Waals surface area contributed by atoms with Crippen molar-refractivity contribution in [1.82, 2.24) is 16.0 Å². The van der Waals surface area contributed by atoms with Crippen molar-refractivity contribution in [2.75, 3.05) is 6.54 Å². The third-order valence-corrected chi connectivity index (χ3v) is 4.01. The van der Waals surface area contributed by atoms with Gasteiger partial charge in [-0.3, -0.25) is 9.59 Å². The fraction of sp³-hybridized carbons (Fsp3) is 0.769. The molecule has 7 heteroatoms. The SMILES string of the molecule is O=C1CCC(NC(=O)NC2CCC(C(=O)O)CC2)CN1. The Hall–Kier alpha value is -1.79. The molecule has 1 saturated carbocycles. The third-order valence-electron chi connectivity index (χ3n) is 4.01. The monoisotopic (exact) mass is 283 g/mol. The highest BCUT2D eigenvalue weighted by Crippen LogP contribution is 2.24. The quantitative estimate of drug-likeness (QED) is 0.593. The molecule has 0 aromatic carbocycles. The molecule has 1 heterocycles. The van der Waals surface area contributed by atoms with Gasteiger partial charge in [-0.25, -0.2) is 4.79 Å². The Morgan fingerprint density at radius 2 is 1.70 bits per heavy atom. The summed E-state index contributed by atoms with van der Waals surface area (Å²) in [6.07, 6.45) is 3.72. The van der Waals surface area contributed by atoms with Crippen LogP contribution >= 0.6 is 0 Å². The van der Waals surface area contributed by atoms with E-state index in [0.29, 0.717) is 45.1 Å². The molecule has 0 bridgehead atoms. The average Bonchev–Trinajstić information content (AvgIpc) is 2.42. The van der Waals surface area contributed by atoms with Gasteiger partial charge in [0, 0.05) is 25.0 Å². The minimum absolute atomic E-state index is 0.0236. The Labute approximate surface area is 117 Å². The standard InChI is InChI=1S/C13H21N3O4/c17-11-6-5-10(7-14-11)16-13(20)15-9-3-1-8(2-4-9)12(18)19/h8-10H,1-7H2,(H,14,17)(H,18,19)(H2,15,16,20). The molecule has 1 saturated heterocycles. The van der Waals surface area contributed by atoms with Crippen LogP contribution in [0.4, 0.5) is 4.79 Å². The van der Waals surface area contributed by atoms with Crippen molar-refractivity contribution in [1.29, 1.82) is 0 Å². The van der Waals surface area contributed by atoms with Crippen LogP contribution in [0, 0.1) is 5.92 Å². The van der Waals surface area contributed by atoms with Gasteiger partial charge in [-0.2, -0.15) is 0 Å². The number of carboxylic acids is 1. The molecule has 2 fully saturated rings. The van der Waals surface area contributed by atoms with Crippen molar-refractivity contribution in [3.05, 3.63) is 0 Å². The van der Waals surface area contributed by atoms with E-state index in [1.807, 2.05) is 0 Å². The normalized spacial score (nSPS) is 30.2. The summed E-state index contributed by atoms with van der Waals surface area (Å²) in [6, 6.07) is -0.211. The molecule has 2 aliphatic rings. The highest BCUT2D eigenvalue weighted by atomic mass is 16.4. The van der Waals surface area contributed by atoms with Crippen molar-refractivity contribution < 1.29 is 19.5 Å². The molecule has 4 N–H and O–H groups in total. The van der Waals surface area contributed by atoms with E-state index in [4.69, 9.17) is 5.11 Å². The van der Waals surface area contributed by atoms with Crippen LogP contribution in [0.25, 0.3) is 0 Å². The topological polar surface area (TPSA) is 108 Å². The van der Waals surface area contributed by atoms with Gasteiger partial charge < -0.3 is 21.1 Å². The van der Waals surface area contributed by atoms with Crippen LogP contribution in [-0.2, 0) is 9.59 Å². The van der Waals surface area contributed by atoms with E-state index in [0.717, 1.165) is 0 Å². The first-order valence-corrected chi connectivity index (χ1v) is 7.11. The molecule has 112 valence electrons. The predicted octanol–water partition coefficient (Wildman–Crippen LogP) is 0.208. The van der Waals surface area contributed by atoms with E-state index in [9.17, 15) is 14.4 Å². The van der Waals surface area contributed by atoms with Crippen molar-refractivity contribution in [3.8, 4) is 0 Å². The van der Waals surface area contributed by atoms with Gasteiger partial charge in [0.15, 0.2) is 0 Å². The number of rotatable bonds is 3. The highest BCUT2D eigenvalue weighted by Gasteiger charge is 2.27. The Kier molecular flexibility index (Phi) is 4.81. The van der Waals surface area contributed by atoms with Gasteiger partial charge in [0.05, 0.1) is 5.92 Å². The van der Waals surface area contributed by atoms with Crippen LogP contribution in [-0.4, -0.2) is 41.6 Å². The van der Waals surface area contributed by atoms with Gasteiger partial charge in [-0.1, -0.05) is 0 Å². The molecule has 1 unspecified atom stereocenters. The summed E-state index contributed by atoms with van der Waals surface area (Å²) >= 11 is 0. The van der Waals surface area contributed by atoms with E-state index in [1.54, 1.807) is 0 Å². The molecule has 3 amide bonds. The maximum atomic E-state index is 11.8. The molecule has 0 radical (unpaired) electrons. The van der Waals surface area contributed by atoms with Gasteiger partial charge in [0.1, 0.15) is 0 Å². The molecule has 2 rings (SSSR count). The molecule has 0 aromatic rings. The van der Waals surface area contributed by atoms with E-state index in [2.05, 4.69) is 16.0 Å². The second-order valence-corrected chi connectivity index (χ2v) is 5.54. The molecular weight excluding hydrogens is 262 g/mol. The number of nitrogens with one attached hydrogen (secondary N) is 3. The Morgan fingerprint density at radius 1 is 1.05 bits per heavy atom. The summed E-state index contributed by atoms with van der Waals surface area (Å²) in [5.41, 5.74) is 0. The average molecular weight is 283 g/mol. The van der Waals surface area contributed by atoms with Crippen molar-refractivity contribution in [3.63, 3.8) is 0 Å². The van der Waals surface area contributed by atoms with Crippen LogP contribution < -0.4 is 16.0 Å². The minimum atomic E-state index is -0.745. The lowest BCUT2D eigenvalue weighted by atomic mass is 9.86. The minimum Gasteiger partial charge on any atom is -0.481 e. The summed E-state index contributed by atoms with van der Waals surface area (Å²) in [5.74, 6) is -0.994. The van der Waals surface area contributed by atoms with Gasteiger partial charge in [-0.05, 0) is 32.1 Å². The fourth-order valence-corrected chi connectivity index (χ4v) is 2.75. The summed E-state index contributed by atoms with van der Waals surface area (Å²) in [7, 11) is 0. The number of hydrogen-bond donors (Lipinski definition) is 4. The number of carbonyl (C=O) groups excluding carboxylic acids is 2. The van der Waals surface area contributed by atoms with Crippen molar-refractivity contribution in [2.24, 2.45) is 5.92 Å². The third kappa shape index (κ3) is 4.11. The van der Waals surface area contributed by atoms with Gasteiger partial charge in [-0.15, -0.1) is 0 Å². The second-order valence-electron chi connectivity index (χ2n) is 5.54. The van der Waals surface area contributed by atoms with Crippen LogP contribution in [0.2, 0.25) is 0 Å². The molecule has 1 atom stereocenters. The highest BCUT2D eigenvalue weighted by molar-refractivity contribution is 5.78. The van der Waals surface area contributed by atoms with E-state index < -0.39 is 5.97 Å². The first-order chi connectivity index (χ1) is 9.54. The van der Waals surface area contributed by atoms with Crippen LogP contribution in [0.5, 0.6) is 0 Å². The summed E-state index contributed by atoms with van der Waals surface area (Å²) in [4.78, 5) is 33.7. The number of carboxylic acid groups (broad SMARTS) is 1. The van der Waals surface area contributed by atoms with Gasteiger partial charge in [0.25, 0.3) is 0 Å². The van der Waals surface area contributed by atoms with Gasteiger partial charge >= 0.3 is 12.0 Å². The largest absolute Gasteiger partial charge is 0.481 e. The molecular formula is C13H21N3O4.